The number of hydrogen-bond acceptors (Lipinski definition) is 8. The van der Waals surface area contributed by atoms with Crippen molar-refractivity contribution in [2.75, 3.05) is 32.7 Å². The number of benzene rings is 3. The monoisotopic (exact) mass is 740 g/mol. The molecule has 0 spiro atoms. The number of aliphatic hydroxyl groups is 2. The van der Waals surface area contributed by atoms with Crippen molar-refractivity contribution in [3.63, 3.8) is 0 Å². The molecule has 3 aromatic rings. The van der Waals surface area contributed by atoms with Crippen molar-refractivity contribution < 1.29 is 29.4 Å². The lowest BCUT2D eigenvalue weighted by Gasteiger charge is -2.62. The zero-order valence-electron chi connectivity index (χ0n) is 33.2. The maximum absolute atomic E-state index is 14.3. The van der Waals surface area contributed by atoms with E-state index in [2.05, 4.69) is 50.5 Å². The number of para-hydroxylation sites is 1. The number of rotatable bonds is 14. The van der Waals surface area contributed by atoms with Crippen molar-refractivity contribution in [2.45, 2.75) is 97.2 Å². The molecule has 7 rings (SSSR count). The van der Waals surface area contributed by atoms with Gasteiger partial charge in [0, 0.05) is 54.5 Å². The maximum Gasteiger partial charge on any atom is 0.251 e. The van der Waals surface area contributed by atoms with Crippen LogP contribution in [0.1, 0.15) is 75.4 Å². The van der Waals surface area contributed by atoms with Crippen molar-refractivity contribution in [3.05, 3.63) is 83.4 Å². The van der Waals surface area contributed by atoms with Crippen LogP contribution in [-0.4, -0.2) is 85.2 Å². The van der Waals surface area contributed by atoms with Gasteiger partial charge in [-0.25, -0.2) is 0 Å². The molecule has 4 N–H and O–H groups in total. The van der Waals surface area contributed by atoms with Gasteiger partial charge in [-0.1, -0.05) is 76.2 Å². The third-order valence-electron chi connectivity index (χ3n) is 12.8. The summed E-state index contributed by atoms with van der Waals surface area (Å²) in [6, 6.07) is 21.0. The zero-order chi connectivity index (χ0) is 38.9. The Kier molecular flexibility index (Phi) is 12.1. The van der Waals surface area contributed by atoms with Gasteiger partial charge in [-0.05, 0) is 85.1 Å². The predicted octanol–water partition coefficient (Wildman–Crippen LogP) is 5.84. The van der Waals surface area contributed by atoms with Crippen LogP contribution in [0, 0.1) is 29.1 Å². The number of hydrogen-bond donors (Lipinski definition) is 4. The van der Waals surface area contributed by atoms with E-state index in [4.69, 9.17) is 9.57 Å². The van der Waals surface area contributed by atoms with E-state index in [9.17, 15) is 19.8 Å². The molecular weight excluding hydrogens is 681 g/mol. The fourth-order valence-corrected chi connectivity index (χ4v) is 9.45. The molecule has 10 heteroatoms. The van der Waals surface area contributed by atoms with Crippen molar-refractivity contribution >= 4 is 17.5 Å². The molecule has 3 saturated carbocycles. The molecule has 10 nitrogen and oxygen atoms in total. The average molecular weight is 741 g/mol. The summed E-state index contributed by atoms with van der Waals surface area (Å²) in [5.74, 6) is 1.07. The van der Waals surface area contributed by atoms with E-state index in [1.807, 2.05) is 73.6 Å². The zero-order valence-corrected chi connectivity index (χ0v) is 33.2. The number of amides is 2. The lowest BCUT2D eigenvalue weighted by atomic mass is 9.45. The van der Waals surface area contributed by atoms with E-state index in [0.29, 0.717) is 29.1 Å². The van der Waals surface area contributed by atoms with Crippen LogP contribution in [0.4, 0.5) is 5.69 Å². The standard InChI is InChI=1S/C44H60N4O6/c1-9-33(18-28-14-11-10-12-15-28)45-42(51)31-19-30(20-34(21-31)47(6)7)35-17-13-16-29(41(35)53-8)24-48-40(39(27(3)50)38(25-49)54-48)43(52)46-37-23-32-22-36(26(37)2)44(32,4)5/h10-17,19-21,26-27,32-33,36-40,49-50H,9,18,22-25H2,1-8H3,(H,45,51)(H,46,52)/t26-,27-,32-,33+,36+,37-,38-,39+,40-/m0/s1. The summed E-state index contributed by atoms with van der Waals surface area (Å²) in [5.41, 5.74) is 5.21. The molecule has 2 amide bonds. The Morgan fingerprint density at radius 1 is 1.07 bits per heavy atom. The highest BCUT2D eigenvalue weighted by molar-refractivity contribution is 5.97. The summed E-state index contributed by atoms with van der Waals surface area (Å²) in [5, 5.41) is 29.5. The number of ether oxygens (including phenoxy) is 1. The molecule has 0 unspecified atom stereocenters. The summed E-state index contributed by atoms with van der Waals surface area (Å²) in [6.45, 7) is 10.5. The molecule has 1 saturated heterocycles. The molecule has 3 aromatic carbocycles. The number of nitrogens with zero attached hydrogens (tertiary/aromatic N) is 2. The van der Waals surface area contributed by atoms with E-state index in [0.717, 1.165) is 41.6 Å². The van der Waals surface area contributed by atoms with Gasteiger partial charge in [0.25, 0.3) is 5.91 Å². The van der Waals surface area contributed by atoms with Crippen molar-refractivity contribution in [3.8, 4) is 16.9 Å². The van der Waals surface area contributed by atoms with Crippen LogP contribution in [0.2, 0.25) is 0 Å². The molecule has 1 heterocycles. The van der Waals surface area contributed by atoms with Crippen LogP contribution < -0.4 is 20.3 Å². The van der Waals surface area contributed by atoms with Crippen LogP contribution in [0.25, 0.3) is 11.1 Å². The minimum Gasteiger partial charge on any atom is -0.496 e. The Morgan fingerprint density at radius 2 is 1.81 bits per heavy atom. The third kappa shape index (κ3) is 7.89. The predicted molar refractivity (Wildman–Crippen MR) is 212 cm³/mol. The molecule has 4 aliphatic rings. The number of aliphatic hydroxyl groups excluding tert-OH is 2. The van der Waals surface area contributed by atoms with Gasteiger partial charge in [0.15, 0.2) is 0 Å². The Morgan fingerprint density at radius 3 is 2.43 bits per heavy atom. The Hall–Kier alpha value is -3.96. The SMILES string of the molecule is CC[C@H](Cc1ccccc1)NC(=O)c1cc(-c2cccc(CN3O[C@@H](CO)[C@@H]([C@H](C)O)[C@H]3C(=O)N[C@H]3C[C@@H]4C[C@H]([C@@H]3C)C4(C)C)c2OC)cc(N(C)C)c1. The largest absolute Gasteiger partial charge is 0.496 e. The Bertz CT molecular complexity index is 1780. The topological polar surface area (TPSA) is 124 Å². The number of carbonyl (C=O) groups is 2. The van der Waals surface area contributed by atoms with Gasteiger partial charge >= 0.3 is 0 Å². The van der Waals surface area contributed by atoms with Crippen molar-refractivity contribution in [1.82, 2.24) is 15.7 Å². The number of fused-ring (bicyclic) bond motifs is 2. The minimum absolute atomic E-state index is 0.0260. The van der Waals surface area contributed by atoms with Gasteiger partial charge in [0.05, 0.1) is 26.4 Å². The third-order valence-corrected chi connectivity index (χ3v) is 12.8. The van der Waals surface area contributed by atoms with Gasteiger partial charge in [0.1, 0.15) is 17.9 Å². The first-order valence-electron chi connectivity index (χ1n) is 19.6. The molecule has 2 bridgehead atoms. The first kappa shape index (κ1) is 39.7. The summed E-state index contributed by atoms with van der Waals surface area (Å²) in [4.78, 5) is 36.3. The van der Waals surface area contributed by atoms with Gasteiger partial charge in [-0.2, -0.15) is 5.06 Å². The minimum atomic E-state index is -0.898. The van der Waals surface area contributed by atoms with E-state index in [1.165, 1.54) is 12.0 Å². The van der Waals surface area contributed by atoms with Gasteiger partial charge in [-0.3, -0.25) is 14.4 Å². The fourth-order valence-electron chi connectivity index (χ4n) is 9.45. The fraction of sp³-hybridized carbons (Fsp3) is 0.545. The molecule has 9 atom stereocenters. The van der Waals surface area contributed by atoms with Gasteiger partial charge < -0.3 is 30.5 Å². The molecule has 0 aromatic heterocycles. The molecule has 0 radical (unpaired) electrons. The van der Waals surface area contributed by atoms with Gasteiger partial charge in [0.2, 0.25) is 5.91 Å². The number of nitrogens with one attached hydrogen (secondary N) is 2. The first-order chi connectivity index (χ1) is 25.8. The molecule has 1 aliphatic heterocycles. The highest BCUT2D eigenvalue weighted by atomic mass is 16.7. The van der Waals surface area contributed by atoms with Crippen LogP contribution in [0.3, 0.4) is 0 Å². The summed E-state index contributed by atoms with van der Waals surface area (Å²) >= 11 is 0. The van der Waals surface area contributed by atoms with Crippen LogP contribution in [0.5, 0.6) is 5.75 Å². The second kappa shape index (κ2) is 16.4. The van der Waals surface area contributed by atoms with Gasteiger partial charge in [-0.15, -0.1) is 0 Å². The average Bonchev–Trinajstić information content (AvgIpc) is 3.53. The summed E-state index contributed by atoms with van der Waals surface area (Å²) in [6.07, 6.45) is 2.02. The van der Waals surface area contributed by atoms with E-state index >= 15 is 0 Å². The number of carbonyl (C=O) groups excluding carboxylic acids is 2. The Labute approximate surface area is 321 Å². The molecule has 3 aliphatic carbocycles. The summed E-state index contributed by atoms with van der Waals surface area (Å²) in [7, 11) is 5.51. The quantitative estimate of drug-likeness (QED) is 0.163. The number of anilines is 1. The lowest BCUT2D eigenvalue weighted by Crippen LogP contribution is -2.62. The first-order valence-corrected chi connectivity index (χ1v) is 19.6. The smallest absolute Gasteiger partial charge is 0.251 e. The van der Waals surface area contributed by atoms with Crippen molar-refractivity contribution in [2.24, 2.45) is 29.1 Å². The second-order valence-corrected chi connectivity index (χ2v) is 16.7. The highest BCUT2D eigenvalue weighted by Gasteiger charge is 2.57. The number of hydroxylamine groups is 2. The maximum atomic E-state index is 14.3. The summed E-state index contributed by atoms with van der Waals surface area (Å²) < 4.78 is 6.09. The van der Waals surface area contributed by atoms with E-state index in [-0.39, 0.29) is 42.5 Å². The van der Waals surface area contributed by atoms with E-state index in [1.54, 1.807) is 19.1 Å². The Balaban J connectivity index is 1.28. The number of methoxy groups -OCH3 is 1. The van der Waals surface area contributed by atoms with Crippen LogP contribution in [0.15, 0.2) is 66.7 Å². The second-order valence-electron chi connectivity index (χ2n) is 16.7. The molecule has 292 valence electrons. The van der Waals surface area contributed by atoms with Crippen LogP contribution >= 0.6 is 0 Å². The molecular formula is C44H60N4O6. The molecule has 54 heavy (non-hydrogen) atoms. The van der Waals surface area contributed by atoms with Crippen molar-refractivity contribution in [1.29, 1.82) is 0 Å². The highest BCUT2D eigenvalue weighted by Crippen LogP contribution is 2.61. The van der Waals surface area contributed by atoms with Crippen LogP contribution in [-0.2, 0) is 22.6 Å². The van der Waals surface area contributed by atoms with E-state index < -0.39 is 24.2 Å². The lowest BCUT2D eigenvalue weighted by molar-refractivity contribution is -0.183. The normalized spacial score (nSPS) is 27.0. The molecule has 4 fully saturated rings.